The van der Waals surface area contributed by atoms with Crippen LogP contribution in [0.3, 0.4) is 0 Å². The van der Waals surface area contributed by atoms with Crippen molar-refractivity contribution in [2.24, 2.45) is 0 Å². The second-order valence-electron chi connectivity index (χ2n) is 4.36. The van der Waals surface area contributed by atoms with Gasteiger partial charge in [-0.05, 0) is 12.8 Å². The molecule has 120 valence electrons. The molecule has 1 atom stereocenters. The molecule has 0 rings (SSSR count). The molecule has 0 aliphatic heterocycles. The summed E-state index contributed by atoms with van der Waals surface area (Å²) in [5.74, 6) is -1.09. The minimum absolute atomic E-state index is 0.179. The third-order valence-corrected chi connectivity index (χ3v) is 2.78. The highest BCUT2D eigenvalue weighted by Gasteiger charge is 2.22. The number of carbonyl (C=O) groups is 2. The Balaban J connectivity index is 4.50. The molecule has 2 amide bonds. The number of ether oxygens (including phenoxy) is 2. The van der Waals surface area contributed by atoms with Crippen molar-refractivity contribution in [2.45, 2.75) is 25.3 Å². The number of aliphatic carboxylic acids is 1. The zero-order valence-corrected chi connectivity index (χ0v) is 12.5. The first-order valence-electron chi connectivity index (χ1n) is 6.69. The molecule has 1 unspecified atom stereocenters. The molecule has 0 saturated carbocycles. The van der Waals surface area contributed by atoms with E-state index in [-0.39, 0.29) is 19.4 Å². The molecule has 0 saturated heterocycles. The van der Waals surface area contributed by atoms with Gasteiger partial charge in [-0.3, -0.25) is 0 Å². The van der Waals surface area contributed by atoms with Crippen molar-refractivity contribution < 1.29 is 24.2 Å². The van der Waals surface area contributed by atoms with Crippen LogP contribution in [0.15, 0.2) is 0 Å². The number of hydrogen-bond donors (Lipinski definition) is 2. The quantitative estimate of drug-likeness (QED) is 0.535. The average Bonchev–Trinajstić information content (AvgIpc) is 2.46. The SMILES string of the molecule is COCCCC(NC(=O)N(CCC#N)CCOC)C(=O)O. The Kier molecular flexibility index (Phi) is 10.9. The van der Waals surface area contributed by atoms with Crippen molar-refractivity contribution >= 4 is 12.0 Å². The van der Waals surface area contributed by atoms with Crippen LogP contribution in [0.1, 0.15) is 19.3 Å². The molecule has 0 aromatic carbocycles. The van der Waals surface area contributed by atoms with E-state index in [1.165, 1.54) is 19.1 Å². The van der Waals surface area contributed by atoms with Gasteiger partial charge in [-0.15, -0.1) is 0 Å². The lowest BCUT2D eigenvalue weighted by atomic mass is 10.1. The lowest BCUT2D eigenvalue weighted by Crippen LogP contribution is -2.49. The van der Waals surface area contributed by atoms with Crippen LogP contribution in [-0.2, 0) is 14.3 Å². The highest BCUT2D eigenvalue weighted by Crippen LogP contribution is 2.01. The largest absolute Gasteiger partial charge is 0.480 e. The van der Waals surface area contributed by atoms with Gasteiger partial charge in [0, 0.05) is 33.9 Å². The van der Waals surface area contributed by atoms with E-state index in [2.05, 4.69) is 5.32 Å². The minimum atomic E-state index is -1.09. The molecule has 2 N–H and O–H groups in total. The maximum absolute atomic E-state index is 12.1. The van der Waals surface area contributed by atoms with E-state index < -0.39 is 18.0 Å². The Morgan fingerprint density at radius 1 is 1.29 bits per heavy atom. The zero-order chi connectivity index (χ0) is 16.1. The van der Waals surface area contributed by atoms with Crippen molar-refractivity contribution in [1.82, 2.24) is 10.2 Å². The Morgan fingerprint density at radius 2 is 1.95 bits per heavy atom. The summed E-state index contributed by atoms with van der Waals surface area (Å²) >= 11 is 0. The van der Waals surface area contributed by atoms with Crippen molar-refractivity contribution in [3.63, 3.8) is 0 Å². The normalized spacial score (nSPS) is 11.5. The zero-order valence-electron chi connectivity index (χ0n) is 12.5. The predicted octanol–water partition coefficient (Wildman–Crippen LogP) is 0.438. The van der Waals surface area contributed by atoms with Crippen LogP contribution in [0.4, 0.5) is 4.79 Å². The van der Waals surface area contributed by atoms with Crippen LogP contribution < -0.4 is 5.32 Å². The van der Waals surface area contributed by atoms with Gasteiger partial charge in [-0.25, -0.2) is 9.59 Å². The number of carboxylic acid groups (broad SMARTS) is 1. The molecule has 0 heterocycles. The number of rotatable bonds is 11. The second-order valence-corrected chi connectivity index (χ2v) is 4.36. The number of amides is 2. The summed E-state index contributed by atoms with van der Waals surface area (Å²) in [6.07, 6.45) is 0.994. The van der Waals surface area contributed by atoms with Crippen LogP contribution >= 0.6 is 0 Å². The number of nitrogens with zero attached hydrogens (tertiary/aromatic N) is 2. The maximum atomic E-state index is 12.1. The Morgan fingerprint density at radius 3 is 2.48 bits per heavy atom. The lowest BCUT2D eigenvalue weighted by Gasteiger charge is -2.24. The van der Waals surface area contributed by atoms with E-state index in [9.17, 15) is 9.59 Å². The number of methoxy groups -OCH3 is 2. The van der Waals surface area contributed by atoms with Crippen LogP contribution in [0, 0.1) is 11.3 Å². The van der Waals surface area contributed by atoms with Gasteiger partial charge in [0.05, 0.1) is 19.1 Å². The fourth-order valence-electron chi connectivity index (χ4n) is 1.63. The maximum Gasteiger partial charge on any atom is 0.326 e. The summed E-state index contributed by atoms with van der Waals surface area (Å²) in [5, 5.41) is 20.2. The van der Waals surface area contributed by atoms with E-state index in [1.54, 1.807) is 0 Å². The molecule has 21 heavy (non-hydrogen) atoms. The summed E-state index contributed by atoms with van der Waals surface area (Å²) in [7, 11) is 3.04. The first-order valence-corrected chi connectivity index (χ1v) is 6.69. The van der Waals surface area contributed by atoms with Crippen molar-refractivity contribution in [3.8, 4) is 6.07 Å². The topological polar surface area (TPSA) is 112 Å². The molecular weight excluding hydrogens is 278 g/mol. The van der Waals surface area contributed by atoms with Gasteiger partial charge < -0.3 is 24.8 Å². The van der Waals surface area contributed by atoms with Gasteiger partial charge in [-0.2, -0.15) is 5.26 Å². The smallest absolute Gasteiger partial charge is 0.326 e. The highest BCUT2D eigenvalue weighted by molar-refractivity contribution is 5.82. The first-order chi connectivity index (χ1) is 10.1. The monoisotopic (exact) mass is 301 g/mol. The Hall–Kier alpha value is -1.85. The van der Waals surface area contributed by atoms with Gasteiger partial charge in [0.15, 0.2) is 0 Å². The fraction of sp³-hybridized carbons (Fsp3) is 0.769. The molecule has 0 fully saturated rings. The van der Waals surface area contributed by atoms with Crippen molar-refractivity contribution in [3.05, 3.63) is 0 Å². The Labute approximate surface area is 124 Å². The van der Waals surface area contributed by atoms with Gasteiger partial charge >= 0.3 is 12.0 Å². The van der Waals surface area contributed by atoms with Gasteiger partial charge in [0.1, 0.15) is 6.04 Å². The summed E-state index contributed by atoms with van der Waals surface area (Å²) in [6, 6.07) is 0.472. The van der Waals surface area contributed by atoms with E-state index in [0.717, 1.165) is 0 Å². The van der Waals surface area contributed by atoms with Gasteiger partial charge in [0.2, 0.25) is 0 Å². The molecule has 0 radical (unpaired) electrons. The first kappa shape index (κ1) is 19.1. The van der Waals surface area contributed by atoms with Crippen LogP contribution in [0.5, 0.6) is 0 Å². The average molecular weight is 301 g/mol. The third-order valence-electron chi connectivity index (χ3n) is 2.78. The predicted molar refractivity (Wildman–Crippen MR) is 74.7 cm³/mol. The summed E-state index contributed by atoms with van der Waals surface area (Å²) in [6.45, 7) is 1.28. The van der Waals surface area contributed by atoms with E-state index in [1.807, 2.05) is 6.07 Å². The number of carboxylic acids is 1. The third kappa shape index (κ3) is 8.83. The molecule has 8 nitrogen and oxygen atoms in total. The standard InChI is InChI=1S/C13H23N3O5/c1-20-9-3-5-11(12(17)18)15-13(19)16(7-4-6-14)8-10-21-2/h11H,3-5,7-10H2,1-2H3,(H,15,19)(H,17,18). The van der Waals surface area contributed by atoms with Crippen molar-refractivity contribution in [2.75, 3.05) is 40.5 Å². The summed E-state index contributed by atoms with van der Waals surface area (Å²) in [5.41, 5.74) is 0. The number of urea groups is 1. The molecule has 0 aromatic heterocycles. The van der Waals surface area contributed by atoms with Crippen molar-refractivity contribution in [1.29, 1.82) is 5.26 Å². The van der Waals surface area contributed by atoms with Crippen LogP contribution in [-0.4, -0.2) is 68.6 Å². The molecule has 0 aromatic rings. The number of nitriles is 1. The number of nitrogens with one attached hydrogen (secondary N) is 1. The fourth-order valence-corrected chi connectivity index (χ4v) is 1.63. The molecule has 0 aliphatic carbocycles. The number of carbonyl (C=O) groups excluding carboxylic acids is 1. The van der Waals surface area contributed by atoms with E-state index >= 15 is 0 Å². The molecule has 8 heteroatoms. The Bertz CT molecular complexity index is 356. The highest BCUT2D eigenvalue weighted by atomic mass is 16.5. The van der Waals surface area contributed by atoms with E-state index in [0.29, 0.717) is 26.2 Å². The lowest BCUT2D eigenvalue weighted by molar-refractivity contribution is -0.139. The van der Waals surface area contributed by atoms with Gasteiger partial charge in [-0.1, -0.05) is 0 Å². The minimum Gasteiger partial charge on any atom is -0.480 e. The second kappa shape index (κ2) is 11.9. The molecule has 0 bridgehead atoms. The number of hydrogen-bond acceptors (Lipinski definition) is 5. The van der Waals surface area contributed by atoms with Crippen LogP contribution in [0.2, 0.25) is 0 Å². The molecule has 0 aliphatic rings. The summed E-state index contributed by atoms with van der Waals surface area (Å²) < 4.78 is 9.76. The van der Waals surface area contributed by atoms with Gasteiger partial charge in [0.25, 0.3) is 0 Å². The molecule has 0 spiro atoms. The molecular formula is C13H23N3O5. The summed E-state index contributed by atoms with van der Waals surface area (Å²) in [4.78, 5) is 24.6. The van der Waals surface area contributed by atoms with Crippen LogP contribution in [0.25, 0.3) is 0 Å². The van der Waals surface area contributed by atoms with E-state index in [4.69, 9.17) is 19.8 Å².